The predicted octanol–water partition coefficient (Wildman–Crippen LogP) is 3.88. The van der Waals surface area contributed by atoms with Crippen LogP contribution >= 0.6 is 0 Å². The second kappa shape index (κ2) is 8.28. The Balaban J connectivity index is 2.02. The number of nitrogens with one attached hydrogen (secondary N) is 1. The van der Waals surface area contributed by atoms with Gasteiger partial charge in [-0.2, -0.15) is 0 Å². The summed E-state index contributed by atoms with van der Waals surface area (Å²) in [6, 6.07) is 0.840. The van der Waals surface area contributed by atoms with Crippen molar-refractivity contribution in [3.8, 4) is 0 Å². The maximum atomic E-state index is 3.72. The molecule has 0 aromatic heterocycles. The van der Waals surface area contributed by atoms with Crippen LogP contribution in [0.2, 0.25) is 0 Å². The summed E-state index contributed by atoms with van der Waals surface area (Å²) in [6.45, 7) is 3.52. The van der Waals surface area contributed by atoms with E-state index in [-0.39, 0.29) is 0 Å². The first-order valence-electron chi connectivity index (χ1n) is 6.67. The standard InChI is InChI=1S/C13H27N/c1-2-3-9-12-14-13-10-7-5-4-6-8-11-13/h13-14H,2-12H2,1H3. The molecule has 1 rings (SSSR count). The molecular formula is C13H27N. The largest absolute Gasteiger partial charge is 0.314 e. The van der Waals surface area contributed by atoms with Gasteiger partial charge in [-0.1, -0.05) is 51.9 Å². The fourth-order valence-electron chi connectivity index (χ4n) is 2.34. The van der Waals surface area contributed by atoms with Gasteiger partial charge in [-0.3, -0.25) is 0 Å². The molecule has 14 heavy (non-hydrogen) atoms. The molecule has 0 aromatic rings. The average molecular weight is 197 g/mol. The number of unbranched alkanes of at least 4 members (excludes halogenated alkanes) is 2. The molecule has 1 fully saturated rings. The lowest BCUT2D eigenvalue weighted by molar-refractivity contribution is 0.387. The topological polar surface area (TPSA) is 12.0 Å². The smallest absolute Gasteiger partial charge is 0.00670 e. The second-order valence-electron chi connectivity index (χ2n) is 4.70. The molecular weight excluding hydrogens is 170 g/mol. The van der Waals surface area contributed by atoms with Crippen LogP contribution < -0.4 is 5.32 Å². The Kier molecular flexibility index (Phi) is 7.12. The molecule has 0 unspecified atom stereocenters. The van der Waals surface area contributed by atoms with Gasteiger partial charge in [0.05, 0.1) is 0 Å². The normalized spacial score (nSPS) is 20.4. The van der Waals surface area contributed by atoms with Gasteiger partial charge in [-0.25, -0.2) is 0 Å². The van der Waals surface area contributed by atoms with Gasteiger partial charge >= 0.3 is 0 Å². The summed E-state index contributed by atoms with van der Waals surface area (Å²) in [6.07, 6.45) is 14.2. The number of hydrogen-bond donors (Lipinski definition) is 1. The maximum Gasteiger partial charge on any atom is 0.00670 e. The van der Waals surface area contributed by atoms with Gasteiger partial charge in [0.25, 0.3) is 0 Å². The highest BCUT2D eigenvalue weighted by Gasteiger charge is 2.09. The summed E-state index contributed by atoms with van der Waals surface area (Å²) in [5, 5.41) is 3.72. The van der Waals surface area contributed by atoms with E-state index in [9.17, 15) is 0 Å². The molecule has 0 heterocycles. The minimum absolute atomic E-state index is 0.840. The van der Waals surface area contributed by atoms with E-state index in [4.69, 9.17) is 0 Å². The lowest BCUT2D eigenvalue weighted by Gasteiger charge is -2.20. The van der Waals surface area contributed by atoms with Crippen LogP contribution in [0.5, 0.6) is 0 Å². The van der Waals surface area contributed by atoms with Gasteiger partial charge in [0.2, 0.25) is 0 Å². The van der Waals surface area contributed by atoms with Crippen molar-refractivity contribution in [2.45, 2.75) is 77.2 Å². The Morgan fingerprint density at radius 3 is 2.21 bits per heavy atom. The molecule has 1 aliphatic rings. The van der Waals surface area contributed by atoms with Gasteiger partial charge in [0.15, 0.2) is 0 Å². The van der Waals surface area contributed by atoms with Crippen LogP contribution in [0.4, 0.5) is 0 Å². The zero-order valence-electron chi connectivity index (χ0n) is 9.86. The summed E-state index contributed by atoms with van der Waals surface area (Å²) in [5.41, 5.74) is 0. The van der Waals surface area contributed by atoms with E-state index >= 15 is 0 Å². The third kappa shape index (κ3) is 5.64. The van der Waals surface area contributed by atoms with Gasteiger partial charge in [-0.15, -0.1) is 0 Å². The van der Waals surface area contributed by atoms with Crippen LogP contribution in [0.25, 0.3) is 0 Å². The zero-order chi connectivity index (χ0) is 10.1. The van der Waals surface area contributed by atoms with E-state index in [1.165, 1.54) is 70.8 Å². The minimum atomic E-state index is 0.840. The Hall–Kier alpha value is -0.0400. The maximum absolute atomic E-state index is 3.72. The van der Waals surface area contributed by atoms with E-state index in [2.05, 4.69) is 12.2 Å². The molecule has 0 aliphatic heterocycles. The quantitative estimate of drug-likeness (QED) is 0.660. The van der Waals surface area contributed by atoms with Crippen molar-refractivity contribution in [1.82, 2.24) is 5.32 Å². The van der Waals surface area contributed by atoms with Crippen molar-refractivity contribution < 1.29 is 0 Å². The summed E-state index contributed by atoms with van der Waals surface area (Å²) < 4.78 is 0. The number of rotatable bonds is 5. The summed E-state index contributed by atoms with van der Waals surface area (Å²) in [5.74, 6) is 0. The molecule has 1 N–H and O–H groups in total. The van der Waals surface area contributed by atoms with Crippen LogP contribution in [0, 0.1) is 0 Å². The van der Waals surface area contributed by atoms with Gasteiger partial charge in [0, 0.05) is 6.04 Å². The molecule has 0 atom stereocenters. The molecule has 0 spiro atoms. The van der Waals surface area contributed by atoms with Gasteiger partial charge in [-0.05, 0) is 25.8 Å². The van der Waals surface area contributed by atoms with Crippen molar-refractivity contribution >= 4 is 0 Å². The van der Waals surface area contributed by atoms with Crippen LogP contribution in [0.3, 0.4) is 0 Å². The summed E-state index contributed by atoms with van der Waals surface area (Å²) in [7, 11) is 0. The molecule has 0 amide bonds. The van der Waals surface area contributed by atoms with Crippen LogP contribution in [0.1, 0.15) is 71.1 Å². The molecule has 1 nitrogen and oxygen atoms in total. The van der Waals surface area contributed by atoms with Crippen LogP contribution in [-0.2, 0) is 0 Å². The SMILES string of the molecule is CCCCCNC1CCCCCCC1. The highest BCUT2D eigenvalue weighted by molar-refractivity contribution is 4.69. The van der Waals surface area contributed by atoms with Crippen molar-refractivity contribution in [1.29, 1.82) is 0 Å². The Morgan fingerprint density at radius 1 is 0.929 bits per heavy atom. The molecule has 0 saturated heterocycles. The first kappa shape index (κ1) is 12.0. The first-order chi connectivity index (χ1) is 6.93. The molecule has 0 bridgehead atoms. The highest BCUT2D eigenvalue weighted by atomic mass is 14.9. The molecule has 0 radical (unpaired) electrons. The first-order valence-corrected chi connectivity index (χ1v) is 6.67. The monoisotopic (exact) mass is 197 g/mol. The van der Waals surface area contributed by atoms with E-state index < -0.39 is 0 Å². The van der Waals surface area contributed by atoms with E-state index in [0.717, 1.165) is 6.04 Å². The Bertz CT molecular complexity index is 114. The van der Waals surface area contributed by atoms with Crippen molar-refractivity contribution in [2.75, 3.05) is 6.54 Å². The number of hydrogen-bond acceptors (Lipinski definition) is 1. The zero-order valence-corrected chi connectivity index (χ0v) is 9.86. The van der Waals surface area contributed by atoms with Gasteiger partial charge < -0.3 is 5.32 Å². The Labute approximate surface area is 89.7 Å². The summed E-state index contributed by atoms with van der Waals surface area (Å²) >= 11 is 0. The molecule has 84 valence electrons. The lowest BCUT2D eigenvalue weighted by atomic mass is 9.96. The third-order valence-corrected chi connectivity index (χ3v) is 3.32. The van der Waals surface area contributed by atoms with Crippen molar-refractivity contribution in [3.63, 3.8) is 0 Å². The fraction of sp³-hybridized carbons (Fsp3) is 1.00. The Morgan fingerprint density at radius 2 is 1.57 bits per heavy atom. The summed E-state index contributed by atoms with van der Waals surface area (Å²) in [4.78, 5) is 0. The minimum Gasteiger partial charge on any atom is -0.314 e. The lowest BCUT2D eigenvalue weighted by Crippen LogP contribution is -2.30. The van der Waals surface area contributed by atoms with Crippen LogP contribution in [0.15, 0.2) is 0 Å². The van der Waals surface area contributed by atoms with Crippen molar-refractivity contribution in [2.24, 2.45) is 0 Å². The molecule has 0 aromatic carbocycles. The van der Waals surface area contributed by atoms with Gasteiger partial charge in [0.1, 0.15) is 0 Å². The predicted molar refractivity (Wildman–Crippen MR) is 63.6 cm³/mol. The van der Waals surface area contributed by atoms with Crippen LogP contribution in [-0.4, -0.2) is 12.6 Å². The van der Waals surface area contributed by atoms with E-state index in [1.54, 1.807) is 0 Å². The molecule has 1 aliphatic carbocycles. The van der Waals surface area contributed by atoms with E-state index in [1.807, 2.05) is 0 Å². The van der Waals surface area contributed by atoms with Crippen molar-refractivity contribution in [3.05, 3.63) is 0 Å². The molecule has 1 saturated carbocycles. The average Bonchev–Trinajstić information content (AvgIpc) is 2.15. The second-order valence-corrected chi connectivity index (χ2v) is 4.70. The fourth-order valence-corrected chi connectivity index (χ4v) is 2.34. The highest BCUT2D eigenvalue weighted by Crippen LogP contribution is 2.16. The van der Waals surface area contributed by atoms with E-state index in [0.29, 0.717) is 0 Å². The molecule has 1 heteroatoms. The third-order valence-electron chi connectivity index (χ3n) is 3.32.